The van der Waals surface area contributed by atoms with E-state index < -0.39 is 0 Å². The van der Waals surface area contributed by atoms with Crippen molar-refractivity contribution in [3.63, 3.8) is 0 Å². The molecule has 3 nitrogen and oxygen atoms in total. The highest BCUT2D eigenvalue weighted by Crippen LogP contribution is 2.51. The summed E-state index contributed by atoms with van der Waals surface area (Å²) in [5.41, 5.74) is 21.4. The van der Waals surface area contributed by atoms with Gasteiger partial charge in [0.25, 0.3) is 0 Å². The standard InChI is InChI=1S/C60H46BN2O/c1-4-5-6-15-36-24-28-39(29-25-36)62-51-22-13-10-19-42(51)47-33-45(38-26-30-44-43-20-11-14-23-54(43)64-55(44)32-38)57-56-40-17-8-7-16-37(40)27-31-52(56)63-53-34-46-41-18-9-12-21-48(41)60(2,3)49(46)35-50(53)61-58(47)59(57)63/h7-14,16-35,62H,4-6,15H2,1-3H3. The molecule has 2 aromatic heterocycles. The van der Waals surface area contributed by atoms with Crippen LogP contribution in [0.1, 0.15) is 56.7 Å². The fourth-order valence-electron chi connectivity index (χ4n) is 11.3. The minimum absolute atomic E-state index is 0.122. The van der Waals surface area contributed by atoms with Crippen LogP contribution in [0.25, 0.3) is 93.6 Å². The van der Waals surface area contributed by atoms with Crippen LogP contribution in [-0.4, -0.2) is 11.8 Å². The average molecular weight is 822 g/mol. The molecule has 2 aliphatic rings. The number of anilines is 2. The summed E-state index contributed by atoms with van der Waals surface area (Å²) >= 11 is 0. The number of nitrogens with one attached hydrogen (secondary N) is 1. The normalized spacial score (nSPS) is 13.4. The molecule has 305 valence electrons. The summed E-state index contributed by atoms with van der Waals surface area (Å²) in [6.07, 6.45) is 4.83. The van der Waals surface area contributed by atoms with Crippen molar-refractivity contribution < 1.29 is 4.42 Å². The molecule has 11 aromatic rings. The van der Waals surface area contributed by atoms with Gasteiger partial charge in [0.05, 0.1) is 5.52 Å². The number of fused-ring (bicyclic) bond motifs is 13. The lowest BCUT2D eigenvalue weighted by atomic mass is 9.58. The maximum atomic E-state index is 6.59. The zero-order chi connectivity index (χ0) is 42.7. The van der Waals surface area contributed by atoms with E-state index in [9.17, 15) is 0 Å². The third-order valence-corrected chi connectivity index (χ3v) is 14.4. The molecule has 0 bridgehead atoms. The minimum atomic E-state index is -0.122. The largest absolute Gasteiger partial charge is 0.456 e. The van der Waals surface area contributed by atoms with E-state index in [0.29, 0.717) is 0 Å². The van der Waals surface area contributed by atoms with Crippen LogP contribution in [0, 0.1) is 0 Å². The lowest BCUT2D eigenvalue weighted by Crippen LogP contribution is -2.38. The molecule has 1 N–H and O–H groups in total. The molecule has 13 rings (SSSR count). The molecule has 4 heteroatoms. The molecular weight excluding hydrogens is 775 g/mol. The van der Waals surface area contributed by atoms with Crippen LogP contribution < -0.4 is 16.2 Å². The number of aromatic nitrogens is 1. The van der Waals surface area contributed by atoms with Gasteiger partial charge in [-0.25, -0.2) is 0 Å². The summed E-state index contributed by atoms with van der Waals surface area (Å²) in [5, 5.41) is 11.2. The highest BCUT2D eigenvalue weighted by Gasteiger charge is 2.38. The monoisotopic (exact) mass is 821 g/mol. The Balaban J connectivity index is 1.11. The Bertz CT molecular complexity index is 3720. The lowest BCUT2D eigenvalue weighted by Gasteiger charge is -2.27. The molecule has 3 heterocycles. The first kappa shape index (κ1) is 37.3. The SMILES string of the molecule is CCCCCc1ccc(Nc2ccccc2-c2cc(-c3ccc4c(c3)oc3ccccc34)c3c4c5ccccc5ccc4n4c3c2[B]c2cc3c(cc2-4)-c2ccccc2C3(C)C)cc1. The van der Waals surface area contributed by atoms with Gasteiger partial charge in [-0.15, -0.1) is 0 Å². The highest BCUT2D eigenvalue weighted by atomic mass is 16.3. The number of benzene rings is 9. The molecule has 0 fully saturated rings. The predicted molar refractivity (Wildman–Crippen MR) is 272 cm³/mol. The maximum Gasteiger partial charge on any atom is 0.197 e. The molecular formula is C60H46BN2O. The van der Waals surface area contributed by atoms with E-state index in [0.717, 1.165) is 50.9 Å². The van der Waals surface area contributed by atoms with E-state index in [4.69, 9.17) is 4.42 Å². The quantitative estimate of drug-likeness (QED) is 0.122. The summed E-state index contributed by atoms with van der Waals surface area (Å²) in [6.45, 7) is 7.03. The van der Waals surface area contributed by atoms with Gasteiger partial charge in [0.15, 0.2) is 7.28 Å². The van der Waals surface area contributed by atoms with Crippen molar-refractivity contribution >= 4 is 84.1 Å². The number of unbranched alkanes of at least 4 members (excludes halogenated alkanes) is 2. The second-order valence-corrected chi connectivity index (χ2v) is 18.5. The first-order valence-corrected chi connectivity index (χ1v) is 23.0. The Labute approximate surface area is 374 Å². The Morgan fingerprint density at radius 2 is 1.34 bits per heavy atom. The van der Waals surface area contributed by atoms with E-state index in [2.05, 4.69) is 208 Å². The molecule has 0 spiro atoms. The number of rotatable bonds is 8. The molecule has 0 saturated carbocycles. The number of hydrogen-bond acceptors (Lipinski definition) is 2. The molecule has 0 amide bonds. The fraction of sp³-hybridized carbons (Fsp3) is 0.133. The van der Waals surface area contributed by atoms with E-state index in [-0.39, 0.29) is 5.41 Å². The topological polar surface area (TPSA) is 30.1 Å². The zero-order valence-electron chi connectivity index (χ0n) is 36.4. The number of para-hydroxylation sites is 2. The average Bonchev–Trinajstić information content (AvgIpc) is 3.96. The van der Waals surface area contributed by atoms with Gasteiger partial charge in [0, 0.05) is 55.1 Å². The van der Waals surface area contributed by atoms with Crippen LogP contribution in [0.15, 0.2) is 174 Å². The van der Waals surface area contributed by atoms with Crippen LogP contribution >= 0.6 is 0 Å². The van der Waals surface area contributed by atoms with Crippen LogP contribution in [0.4, 0.5) is 11.4 Å². The van der Waals surface area contributed by atoms with Crippen molar-refractivity contribution in [2.75, 3.05) is 5.32 Å². The molecule has 1 aliphatic carbocycles. The predicted octanol–water partition coefficient (Wildman–Crippen LogP) is 14.9. The molecule has 1 radical (unpaired) electrons. The smallest absolute Gasteiger partial charge is 0.197 e. The Morgan fingerprint density at radius 3 is 2.22 bits per heavy atom. The van der Waals surface area contributed by atoms with Crippen molar-refractivity contribution in [2.45, 2.75) is 51.9 Å². The molecule has 0 unspecified atom stereocenters. The van der Waals surface area contributed by atoms with Gasteiger partial charge in [-0.2, -0.15) is 0 Å². The van der Waals surface area contributed by atoms with Gasteiger partial charge >= 0.3 is 0 Å². The van der Waals surface area contributed by atoms with E-state index in [1.807, 2.05) is 0 Å². The summed E-state index contributed by atoms with van der Waals surface area (Å²) in [6, 6.07) is 63.1. The van der Waals surface area contributed by atoms with Crippen molar-refractivity contribution in [2.24, 2.45) is 0 Å². The zero-order valence-corrected chi connectivity index (χ0v) is 36.4. The molecule has 64 heavy (non-hydrogen) atoms. The summed E-state index contributed by atoms with van der Waals surface area (Å²) < 4.78 is 9.19. The van der Waals surface area contributed by atoms with Gasteiger partial charge in [0.1, 0.15) is 11.2 Å². The van der Waals surface area contributed by atoms with Crippen LogP contribution in [0.3, 0.4) is 0 Å². The van der Waals surface area contributed by atoms with Crippen molar-refractivity contribution in [1.82, 2.24) is 4.57 Å². The molecule has 0 saturated heterocycles. The minimum Gasteiger partial charge on any atom is -0.456 e. The highest BCUT2D eigenvalue weighted by molar-refractivity contribution is 6.74. The van der Waals surface area contributed by atoms with Crippen LogP contribution in [-0.2, 0) is 11.8 Å². The summed E-state index contributed by atoms with van der Waals surface area (Å²) in [7, 11) is 2.49. The van der Waals surface area contributed by atoms with E-state index in [1.54, 1.807) is 0 Å². The fourth-order valence-corrected chi connectivity index (χ4v) is 11.3. The second-order valence-electron chi connectivity index (χ2n) is 18.5. The Hall–Kier alpha value is -7.30. The number of nitrogens with zero attached hydrogens (tertiary/aromatic N) is 1. The first-order chi connectivity index (χ1) is 31.4. The second kappa shape index (κ2) is 14.1. The van der Waals surface area contributed by atoms with E-state index in [1.165, 1.54) is 107 Å². The van der Waals surface area contributed by atoms with Crippen LogP contribution in [0.2, 0.25) is 0 Å². The maximum absolute atomic E-state index is 6.59. The van der Waals surface area contributed by atoms with Gasteiger partial charge in [-0.1, -0.05) is 154 Å². The molecule has 1 aliphatic heterocycles. The lowest BCUT2D eigenvalue weighted by molar-refractivity contribution is 0.661. The van der Waals surface area contributed by atoms with Gasteiger partial charge < -0.3 is 14.3 Å². The third-order valence-electron chi connectivity index (χ3n) is 14.4. The van der Waals surface area contributed by atoms with Gasteiger partial charge in [0.2, 0.25) is 0 Å². The number of hydrogen-bond donors (Lipinski definition) is 1. The van der Waals surface area contributed by atoms with E-state index >= 15 is 0 Å². The number of furan rings is 1. The summed E-state index contributed by atoms with van der Waals surface area (Å²) in [5.74, 6) is 0. The van der Waals surface area contributed by atoms with Crippen molar-refractivity contribution in [1.29, 1.82) is 0 Å². The van der Waals surface area contributed by atoms with Crippen molar-refractivity contribution in [3.05, 3.63) is 187 Å². The molecule has 0 atom stereocenters. The van der Waals surface area contributed by atoms with Crippen LogP contribution in [0.5, 0.6) is 0 Å². The molecule has 9 aromatic carbocycles. The summed E-state index contributed by atoms with van der Waals surface area (Å²) in [4.78, 5) is 0. The first-order valence-electron chi connectivity index (χ1n) is 23.0. The Kier molecular flexibility index (Phi) is 8.22. The van der Waals surface area contributed by atoms with Gasteiger partial charge in [-0.05, 0) is 128 Å². The number of aryl methyl sites for hydroxylation is 1. The third kappa shape index (κ3) is 5.48. The van der Waals surface area contributed by atoms with Gasteiger partial charge in [-0.3, -0.25) is 0 Å². The Morgan fingerprint density at radius 1 is 0.578 bits per heavy atom. The van der Waals surface area contributed by atoms with Crippen molar-refractivity contribution in [3.8, 4) is 39.1 Å².